The minimum absolute atomic E-state index is 0.773. The van der Waals surface area contributed by atoms with Gasteiger partial charge in [0.25, 0.3) is 0 Å². The van der Waals surface area contributed by atoms with Gasteiger partial charge in [-0.1, -0.05) is 6.92 Å². The molecule has 0 bridgehead atoms. The number of hydrogen-bond donors (Lipinski definition) is 0. The van der Waals surface area contributed by atoms with Gasteiger partial charge in [-0.05, 0) is 44.2 Å². The van der Waals surface area contributed by atoms with Gasteiger partial charge in [-0.3, -0.25) is 0 Å². The molecule has 0 aromatic rings. The quantitative estimate of drug-likeness (QED) is 0.494. The first kappa shape index (κ1) is 6.66. The monoisotopic (exact) mass is 139 g/mol. The first-order valence-corrected chi connectivity index (χ1v) is 4.41. The van der Waals surface area contributed by atoms with Crippen molar-refractivity contribution < 1.29 is 0 Å². The van der Waals surface area contributed by atoms with Crippen molar-refractivity contribution in [3.05, 3.63) is 0 Å². The highest BCUT2D eigenvalue weighted by Crippen LogP contribution is 2.52. The summed E-state index contributed by atoms with van der Waals surface area (Å²) >= 11 is 0. The van der Waals surface area contributed by atoms with Gasteiger partial charge < -0.3 is 4.90 Å². The molecule has 1 aliphatic carbocycles. The van der Waals surface area contributed by atoms with Gasteiger partial charge >= 0.3 is 0 Å². The maximum Gasteiger partial charge on any atom is 0.00380 e. The van der Waals surface area contributed by atoms with E-state index >= 15 is 0 Å². The van der Waals surface area contributed by atoms with Crippen LogP contribution in [0.3, 0.4) is 0 Å². The smallest absolute Gasteiger partial charge is 0.00380 e. The van der Waals surface area contributed by atoms with Gasteiger partial charge in [-0.2, -0.15) is 0 Å². The van der Waals surface area contributed by atoms with Gasteiger partial charge in [-0.15, -0.1) is 0 Å². The molecule has 2 atom stereocenters. The van der Waals surface area contributed by atoms with Crippen molar-refractivity contribution in [1.29, 1.82) is 0 Å². The Bertz CT molecular complexity index is 144. The molecular formula is C9H17N. The highest BCUT2D eigenvalue weighted by Gasteiger charge is 2.47. The van der Waals surface area contributed by atoms with Crippen LogP contribution in [0.15, 0.2) is 0 Å². The number of likely N-dealkylation sites (tertiary alicyclic amines) is 1. The van der Waals surface area contributed by atoms with Gasteiger partial charge in [-0.25, -0.2) is 0 Å². The van der Waals surface area contributed by atoms with Crippen LogP contribution in [-0.4, -0.2) is 25.0 Å². The predicted molar refractivity (Wildman–Crippen MR) is 42.9 cm³/mol. The molecule has 1 heteroatoms. The molecule has 1 saturated carbocycles. The summed E-state index contributed by atoms with van der Waals surface area (Å²) in [6, 6.07) is 0. The highest BCUT2D eigenvalue weighted by atomic mass is 15.1. The summed E-state index contributed by atoms with van der Waals surface area (Å²) in [5.41, 5.74) is 0.773. The Morgan fingerprint density at radius 1 is 1.40 bits per heavy atom. The molecule has 1 heterocycles. The largest absolute Gasteiger partial charge is 0.306 e. The molecule has 2 fully saturated rings. The Morgan fingerprint density at radius 2 is 2.20 bits per heavy atom. The molecular weight excluding hydrogens is 122 g/mol. The third kappa shape index (κ3) is 0.731. The lowest BCUT2D eigenvalue weighted by Crippen LogP contribution is -2.40. The van der Waals surface area contributed by atoms with Crippen LogP contribution in [0.4, 0.5) is 0 Å². The molecule has 1 nitrogen and oxygen atoms in total. The Balaban J connectivity index is 2.04. The number of hydrogen-bond acceptors (Lipinski definition) is 1. The van der Waals surface area contributed by atoms with Crippen LogP contribution in [0.1, 0.15) is 26.2 Å². The molecule has 1 spiro atoms. The van der Waals surface area contributed by atoms with E-state index in [1.165, 1.54) is 32.4 Å². The minimum atomic E-state index is 0.773. The predicted octanol–water partition coefficient (Wildman–Crippen LogP) is 1.74. The maximum atomic E-state index is 2.48. The van der Waals surface area contributed by atoms with E-state index in [2.05, 4.69) is 18.9 Å². The molecule has 1 aliphatic heterocycles. The van der Waals surface area contributed by atoms with Gasteiger partial charge in [0.15, 0.2) is 0 Å². The van der Waals surface area contributed by atoms with Gasteiger partial charge in [0.05, 0.1) is 0 Å². The van der Waals surface area contributed by atoms with E-state index < -0.39 is 0 Å². The highest BCUT2D eigenvalue weighted by molar-refractivity contribution is 4.99. The van der Waals surface area contributed by atoms with Crippen molar-refractivity contribution in [3.8, 4) is 0 Å². The molecule has 0 N–H and O–H groups in total. The van der Waals surface area contributed by atoms with Crippen LogP contribution in [0.5, 0.6) is 0 Å². The van der Waals surface area contributed by atoms with Crippen LogP contribution in [-0.2, 0) is 0 Å². The van der Waals surface area contributed by atoms with Crippen LogP contribution < -0.4 is 0 Å². The third-order valence-electron chi connectivity index (χ3n) is 3.70. The minimum Gasteiger partial charge on any atom is -0.306 e. The van der Waals surface area contributed by atoms with Gasteiger partial charge in [0.1, 0.15) is 0 Å². The molecule has 1 saturated heterocycles. The molecule has 1 unspecified atom stereocenters. The fourth-order valence-electron chi connectivity index (χ4n) is 2.56. The molecule has 58 valence electrons. The normalized spacial score (nSPS) is 48.0. The van der Waals surface area contributed by atoms with Crippen molar-refractivity contribution in [2.75, 3.05) is 20.1 Å². The second-order valence-electron chi connectivity index (χ2n) is 4.29. The van der Waals surface area contributed by atoms with Crippen LogP contribution in [0.2, 0.25) is 0 Å². The molecule has 2 rings (SSSR count). The van der Waals surface area contributed by atoms with E-state index in [-0.39, 0.29) is 0 Å². The molecule has 0 aromatic carbocycles. The van der Waals surface area contributed by atoms with E-state index in [4.69, 9.17) is 0 Å². The average Bonchev–Trinajstić information content (AvgIpc) is 2.31. The lowest BCUT2D eigenvalue weighted by Gasteiger charge is -2.45. The lowest BCUT2D eigenvalue weighted by atomic mass is 9.60. The van der Waals surface area contributed by atoms with E-state index in [1.807, 2.05) is 0 Å². The fraction of sp³-hybridized carbons (Fsp3) is 1.00. The summed E-state index contributed by atoms with van der Waals surface area (Å²) in [5, 5.41) is 0. The summed E-state index contributed by atoms with van der Waals surface area (Å²) in [4.78, 5) is 2.48. The molecule has 2 aliphatic rings. The SMILES string of the molecule is CC1CC[C@]12CCN(C)C2. The second-order valence-corrected chi connectivity index (χ2v) is 4.29. The van der Waals surface area contributed by atoms with Gasteiger partial charge in [0, 0.05) is 6.54 Å². The van der Waals surface area contributed by atoms with E-state index in [9.17, 15) is 0 Å². The van der Waals surface area contributed by atoms with E-state index in [0.29, 0.717) is 0 Å². The standard InChI is InChI=1S/C9H17N/c1-8-3-4-9(8)5-6-10(2)7-9/h8H,3-7H2,1-2H3/t8?,9-/m1/s1. The van der Waals surface area contributed by atoms with E-state index in [1.54, 1.807) is 0 Å². The van der Waals surface area contributed by atoms with Crippen LogP contribution >= 0.6 is 0 Å². The summed E-state index contributed by atoms with van der Waals surface area (Å²) in [6.45, 7) is 5.13. The zero-order chi connectivity index (χ0) is 7.19. The summed E-state index contributed by atoms with van der Waals surface area (Å²) in [6.07, 6.45) is 4.44. The molecule has 0 amide bonds. The molecule has 0 aromatic heterocycles. The number of rotatable bonds is 0. The van der Waals surface area contributed by atoms with E-state index in [0.717, 1.165) is 11.3 Å². The third-order valence-corrected chi connectivity index (χ3v) is 3.70. The second kappa shape index (κ2) is 1.97. The van der Waals surface area contributed by atoms with Crippen molar-refractivity contribution in [1.82, 2.24) is 4.90 Å². The Kier molecular flexibility index (Phi) is 1.31. The zero-order valence-electron chi connectivity index (χ0n) is 7.06. The van der Waals surface area contributed by atoms with Gasteiger partial charge in [0.2, 0.25) is 0 Å². The molecule has 0 radical (unpaired) electrons. The zero-order valence-corrected chi connectivity index (χ0v) is 7.06. The summed E-state index contributed by atoms with van der Waals surface area (Å²) in [7, 11) is 2.25. The Hall–Kier alpha value is -0.0400. The summed E-state index contributed by atoms with van der Waals surface area (Å²) in [5.74, 6) is 1.01. The van der Waals surface area contributed by atoms with Crippen LogP contribution in [0.25, 0.3) is 0 Å². The number of nitrogens with zero attached hydrogens (tertiary/aromatic N) is 1. The maximum absolute atomic E-state index is 2.48. The van der Waals surface area contributed by atoms with Crippen molar-refractivity contribution >= 4 is 0 Å². The van der Waals surface area contributed by atoms with Crippen LogP contribution in [0, 0.1) is 11.3 Å². The van der Waals surface area contributed by atoms with Crippen molar-refractivity contribution in [2.24, 2.45) is 11.3 Å². The topological polar surface area (TPSA) is 3.24 Å². The Labute approximate surface area is 63.4 Å². The lowest BCUT2D eigenvalue weighted by molar-refractivity contribution is 0.0566. The van der Waals surface area contributed by atoms with Crippen molar-refractivity contribution in [3.63, 3.8) is 0 Å². The van der Waals surface area contributed by atoms with Crippen molar-refractivity contribution in [2.45, 2.75) is 26.2 Å². The summed E-state index contributed by atoms with van der Waals surface area (Å²) < 4.78 is 0. The first-order valence-electron chi connectivity index (χ1n) is 4.41. The average molecular weight is 139 g/mol. The first-order chi connectivity index (χ1) is 4.73. The Morgan fingerprint density at radius 3 is 2.40 bits per heavy atom. The molecule has 10 heavy (non-hydrogen) atoms. The fourth-order valence-corrected chi connectivity index (χ4v) is 2.56.